The lowest BCUT2D eigenvalue weighted by Crippen LogP contribution is -2.39. The third-order valence-corrected chi connectivity index (χ3v) is 5.54. The molecule has 0 saturated carbocycles. The maximum Gasteiger partial charge on any atom is 0.255 e. The first kappa shape index (κ1) is 19.9. The first-order valence-corrected chi connectivity index (χ1v) is 10.0. The van der Waals surface area contributed by atoms with E-state index >= 15 is 0 Å². The number of nitrogens with zero attached hydrogens (tertiary/aromatic N) is 3. The Morgan fingerprint density at radius 3 is 2.90 bits per heavy atom. The van der Waals surface area contributed by atoms with Gasteiger partial charge in [0, 0.05) is 37.4 Å². The predicted octanol–water partition coefficient (Wildman–Crippen LogP) is 3.25. The second kappa shape index (κ2) is 8.14. The number of ether oxygens (including phenoxy) is 1. The zero-order valence-corrected chi connectivity index (χ0v) is 17.4. The minimum absolute atomic E-state index is 0.0250. The number of benzene rings is 1. The zero-order valence-electron chi connectivity index (χ0n) is 17.4. The molecule has 30 heavy (non-hydrogen) atoms. The van der Waals surface area contributed by atoms with Gasteiger partial charge in [-0.1, -0.05) is 0 Å². The van der Waals surface area contributed by atoms with Crippen molar-refractivity contribution >= 4 is 28.4 Å². The number of aryl methyl sites for hydroxylation is 1. The molecule has 2 aromatic heterocycles. The van der Waals surface area contributed by atoms with Crippen molar-refractivity contribution in [2.24, 2.45) is 0 Å². The van der Waals surface area contributed by atoms with Gasteiger partial charge in [-0.25, -0.2) is 0 Å². The Morgan fingerprint density at radius 2 is 2.13 bits per heavy atom. The number of hydrogen-bond acceptors (Lipinski definition) is 5. The molecule has 4 rings (SSSR count). The van der Waals surface area contributed by atoms with Gasteiger partial charge in [-0.15, -0.1) is 0 Å². The second-order valence-electron chi connectivity index (χ2n) is 7.65. The number of anilines is 1. The average molecular weight is 407 g/mol. The third kappa shape index (κ3) is 3.85. The maximum absolute atomic E-state index is 13.3. The summed E-state index contributed by atoms with van der Waals surface area (Å²) in [6.45, 7) is 4.59. The number of H-pyrrole nitrogens is 1. The Balaban J connectivity index is 1.58. The SMILES string of the molecule is COc1ccc2cc(C(=O)N3CCCC(c4[nH]ncc4NC(C)=O)C3)c(C)nc2c1. The van der Waals surface area contributed by atoms with Crippen LogP contribution in [0.15, 0.2) is 30.5 Å². The molecule has 2 amide bonds. The number of hydrogen-bond donors (Lipinski definition) is 2. The van der Waals surface area contributed by atoms with Crippen LogP contribution in [0.2, 0.25) is 0 Å². The third-order valence-electron chi connectivity index (χ3n) is 5.54. The maximum atomic E-state index is 13.3. The number of rotatable bonds is 4. The lowest BCUT2D eigenvalue weighted by atomic mass is 9.93. The smallest absolute Gasteiger partial charge is 0.255 e. The van der Waals surface area contributed by atoms with Crippen molar-refractivity contribution in [3.05, 3.63) is 47.4 Å². The number of fused-ring (bicyclic) bond motifs is 1. The second-order valence-corrected chi connectivity index (χ2v) is 7.65. The summed E-state index contributed by atoms with van der Waals surface area (Å²) >= 11 is 0. The molecule has 1 fully saturated rings. The number of carbonyl (C=O) groups is 2. The van der Waals surface area contributed by atoms with Gasteiger partial charge in [0.05, 0.1) is 41.5 Å². The van der Waals surface area contributed by atoms with E-state index in [1.165, 1.54) is 6.92 Å². The summed E-state index contributed by atoms with van der Waals surface area (Å²) in [7, 11) is 1.62. The first-order chi connectivity index (χ1) is 14.5. The highest BCUT2D eigenvalue weighted by molar-refractivity contribution is 5.99. The molecule has 156 valence electrons. The highest BCUT2D eigenvalue weighted by atomic mass is 16.5. The zero-order chi connectivity index (χ0) is 21.3. The van der Waals surface area contributed by atoms with Gasteiger partial charge in [-0.2, -0.15) is 5.10 Å². The summed E-state index contributed by atoms with van der Waals surface area (Å²) in [5, 5.41) is 10.8. The predicted molar refractivity (Wildman–Crippen MR) is 114 cm³/mol. The van der Waals surface area contributed by atoms with Crippen molar-refractivity contribution < 1.29 is 14.3 Å². The van der Waals surface area contributed by atoms with Gasteiger partial charge in [0.2, 0.25) is 5.91 Å². The Kier molecular flexibility index (Phi) is 5.39. The van der Waals surface area contributed by atoms with Gasteiger partial charge in [-0.05, 0) is 38.0 Å². The van der Waals surface area contributed by atoms with Gasteiger partial charge in [0.25, 0.3) is 5.91 Å². The lowest BCUT2D eigenvalue weighted by Gasteiger charge is -2.33. The number of aromatic nitrogens is 3. The minimum Gasteiger partial charge on any atom is -0.497 e. The number of methoxy groups -OCH3 is 1. The van der Waals surface area contributed by atoms with Crippen LogP contribution in [0.3, 0.4) is 0 Å². The van der Waals surface area contributed by atoms with Crippen LogP contribution in [0.4, 0.5) is 5.69 Å². The van der Waals surface area contributed by atoms with Gasteiger partial charge < -0.3 is 15.0 Å². The van der Waals surface area contributed by atoms with E-state index < -0.39 is 0 Å². The van der Waals surface area contributed by atoms with Crippen LogP contribution in [0, 0.1) is 6.92 Å². The number of carbonyl (C=O) groups excluding carboxylic acids is 2. The van der Waals surface area contributed by atoms with Crippen LogP contribution in [0.5, 0.6) is 5.75 Å². The molecule has 0 radical (unpaired) electrons. The van der Waals surface area contributed by atoms with Gasteiger partial charge in [-0.3, -0.25) is 19.7 Å². The summed E-state index contributed by atoms with van der Waals surface area (Å²) in [6.07, 6.45) is 3.42. The number of aromatic amines is 1. The number of likely N-dealkylation sites (tertiary alicyclic amines) is 1. The number of pyridine rings is 1. The van der Waals surface area contributed by atoms with Crippen molar-refractivity contribution in [1.29, 1.82) is 0 Å². The van der Waals surface area contributed by atoms with Crippen LogP contribution in [-0.2, 0) is 4.79 Å². The molecule has 3 aromatic rings. The molecule has 2 N–H and O–H groups in total. The summed E-state index contributed by atoms with van der Waals surface area (Å²) in [4.78, 5) is 31.3. The molecule has 0 bridgehead atoms. The molecular weight excluding hydrogens is 382 g/mol. The van der Waals surface area contributed by atoms with E-state index in [2.05, 4.69) is 20.5 Å². The molecule has 1 aliphatic heterocycles. The summed E-state index contributed by atoms with van der Waals surface area (Å²) in [5.74, 6) is 0.658. The van der Waals surface area contributed by atoms with E-state index in [1.807, 2.05) is 36.1 Å². The fraction of sp³-hybridized carbons (Fsp3) is 0.364. The van der Waals surface area contributed by atoms with Crippen LogP contribution >= 0.6 is 0 Å². The van der Waals surface area contributed by atoms with Crippen molar-refractivity contribution in [2.75, 3.05) is 25.5 Å². The summed E-state index contributed by atoms with van der Waals surface area (Å²) < 4.78 is 5.27. The Bertz CT molecular complexity index is 1110. The summed E-state index contributed by atoms with van der Waals surface area (Å²) in [5.41, 5.74) is 3.66. The van der Waals surface area contributed by atoms with Crippen molar-refractivity contribution in [2.45, 2.75) is 32.6 Å². The molecule has 0 spiro atoms. The molecule has 1 aromatic carbocycles. The van der Waals surface area contributed by atoms with E-state index in [4.69, 9.17) is 4.74 Å². The van der Waals surface area contributed by atoms with Gasteiger partial charge >= 0.3 is 0 Å². The fourth-order valence-corrected chi connectivity index (χ4v) is 4.05. The molecule has 1 aliphatic rings. The van der Waals surface area contributed by atoms with Crippen molar-refractivity contribution in [3.8, 4) is 5.75 Å². The number of piperidine rings is 1. The largest absolute Gasteiger partial charge is 0.497 e. The van der Waals surface area contributed by atoms with Crippen LogP contribution in [-0.4, -0.2) is 52.1 Å². The Morgan fingerprint density at radius 1 is 1.30 bits per heavy atom. The van der Waals surface area contributed by atoms with Crippen LogP contribution in [0.1, 0.15) is 47.4 Å². The monoisotopic (exact) mass is 407 g/mol. The van der Waals surface area contributed by atoms with Gasteiger partial charge in [0.1, 0.15) is 5.75 Å². The molecule has 8 heteroatoms. The standard InChI is InChI=1S/C22H25N5O3/c1-13-18(9-15-6-7-17(30-3)10-19(15)24-13)22(29)27-8-4-5-16(12-27)21-20(11-23-26-21)25-14(2)28/h6-7,9-11,16H,4-5,8,12H2,1-3H3,(H,23,26)(H,25,28). The van der Waals surface area contributed by atoms with E-state index in [-0.39, 0.29) is 17.7 Å². The van der Waals surface area contributed by atoms with Crippen LogP contribution in [0.25, 0.3) is 10.9 Å². The molecule has 8 nitrogen and oxygen atoms in total. The lowest BCUT2D eigenvalue weighted by molar-refractivity contribution is -0.114. The average Bonchev–Trinajstić information content (AvgIpc) is 3.19. The molecule has 0 aliphatic carbocycles. The van der Waals surface area contributed by atoms with E-state index in [9.17, 15) is 9.59 Å². The highest BCUT2D eigenvalue weighted by Gasteiger charge is 2.29. The normalized spacial score (nSPS) is 16.5. The number of amides is 2. The fourth-order valence-electron chi connectivity index (χ4n) is 4.05. The van der Waals surface area contributed by atoms with Gasteiger partial charge in [0.15, 0.2) is 0 Å². The molecule has 1 atom stereocenters. The van der Waals surface area contributed by atoms with E-state index in [0.29, 0.717) is 30.0 Å². The molecular formula is C22H25N5O3. The molecule has 1 saturated heterocycles. The van der Waals surface area contributed by atoms with Crippen molar-refractivity contribution in [3.63, 3.8) is 0 Å². The Hall–Kier alpha value is -3.42. The highest BCUT2D eigenvalue weighted by Crippen LogP contribution is 2.31. The first-order valence-electron chi connectivity index (χ1n) is 10.0. The van der Waals surface area contributed by atoms with E-state index in [1.54, 1.807) is 13.3 Å². The summed E-state index contributed by atoms with van der Waals surface area (Å²) in [6, 6.07) is 7.56. The van der Waals surface area contributed by atoms with E-state index in [0.717, 1.165) is 35.2 Å². The minimum atomic E-state index is -0.143. The molecule has 3 heterocycles. The van der Waals surface area contributed by atoms with Crippen LogP contribution < -0.4 is 10.1 Å². The molecule has 1 unspecified atom stereocenters. The van der Waals surface area contributed by atoms with Crippen molar-refractivity contribution in [1.82, 2.24) is 20.1 Å². The Labute approximate surface area is 174 Å². The topological polar surface area (TPSA) is 100 Å². The quantitative estimate of drug-likeness (QED) is 0.691. The number of nitrogens with one attached hydrogen (secondary N) is 2.